The summed E-state index contributed by atoms with van der Waals surface area (Å²) < 4.78 is 56.7. The summed E-state index contributed by atoms with van der Waals surface area (Å²) in [4.78, 5) is 3.21. The molecule has 0 aliphatic rings. The maximum atomic E-state index is 13.7. The van der Waals surface area contributed by atoms with Gasteiger partial charge in [-0.15, -0.1) is 0 Å². The molecule has 0 aromatic heterocycles. The predicted octanol–water partition coefficient (Wildman–Crippen LogP) is 3.81. The van der Waals surface area contributed by atoms with Crippen LogP contribution in [0.2, 0.25) is 0 Å². The van der Waals surface area contributed by atoms with Crippen molar-refractivity contribution in [3.8, 4) is 0 Å². The molecule has 0 heterocycles. The minimum Gasteiger partial charge on any atom is -0.438 e. The minimum absolute atomic E-state index is 0.187. The van der Waals surface area contributed by atoms with Crippen LogP contribution in [0.1, 0.15) is 18.1 Å². The van der Waals surface area contributed by atoms with E-state index in [0.29, 0.717) is 6.42 Å². The van der Waals surface area contributed by atoms with Gasteiger partial charge in [-0.2, -0.15) is 8.78 Å². The average molecular weight is 275 g/mol. The lowest BCUT2D eigenvalue weighted by molar-refractivity contribution is 0.196. The van der Waals surface area contributed by atoms with E-state index < -0.39 is 29.7 Å². The highest BCUT2D eigenvalue weighted by Gasteiger charge is 2.19. The normalized spacial score (nSPS) is 11.8. The Bertz CT molecular complexity index is 512. The summed E-state index contributed by atoms with van der Waals surface area (Å²) in [7, 11) is 1.10. The van der Waals surface area contributed by atoms with Gasteiger partial charge in [0.25, 0.3) is 5.90 Å². The van der Waals surface area contributed by atoms with Gasteiger partial charge in [0.05, 0.1) is 5.56 Å². The third kappa shape index (κ3) is 3.56. The topological polar surface area (TPSA) is 21.6 Å². The molecule has 1 aromatic carbocycles. The van der Waals surface area contributed by atoms with Crippen molar-refractivity contribution in [2.75, 3.05) is 7.05 Å². The first-order valence-electron chi connectivity index (χ1n) is 5.50. The van der Waals surface area contributed by atoms with Gasteiger partial charge in [-0.25, -0.2) is 8.78 Å². The van der Waals surface area contributed by atoms with E-state index in [-0.39, 0.29) is 11.1 Å². The lowest BCUT2D eigenvalue weighted by Gasteiger charge is -2.12. The zero-order chi connectivity index (χ0) is 14.6. The van der Waals surface area contributed by atoms with Gasteiger partial charge in [-0.05, 0) is 24.1 Å². The second kappa shape index (κ2) is 6.36. The third-order valence-corrected chi connectivity index (χ3v) is 2.45. The van der Waals surface area contributed by atoms with Crippen LogP contribution in [0.25, 0.3) is 5.76 Å². The van der Waals surface area contributed by atoms with Crippen molar-refractivity contribution in [3.63, 3.8) is 0 Å². The lowest BCUT2D eigenvalue weighted by Crippen LogP contribution is -2.14. The molecule has 0 atom stereocenters. The Morgan fingerprint density at radius 1 is 1.32 bits per heavy atom. The van der Waals surface area contributed by atoms with Crippen LogP contribution in [-0.4, -0.2) is 19.4 Å². The number of aliphatic imine (C=N–C) groups is 1. The number of hydrogen-bond donors (Lipinski definition) is 0. The van der Waals surface area contributed by atoms with Gasteiger partial charge < -0.3 is 4.74 Å². The minimum atomic E-state index is -2.95. The summed E-state index contributed by atoms with van der Waals surface area (Å²) in [6, 6.07) is 1.86. The van der Waals surface area contributed by atoms with E-state index in [0.717, 1.165) is 19.2 Å². The summed E-state index contributed by atoms with van der Waals surface area (Å²) in [6.45, 7) is 4.98. The standard InChI is InChI=1S/C13H13F4NO/c1-4-8-5-11(15)9(6-10(8)14)7(2)19-13(18-3)12(16)17/h5-6,12H,2,4H2,1,3H3. The van der Waals surface area contributed by atoms with Crippen molar-refractivity contribution < 1.29 is 22.3 Å². The second-order valence-electron chi connectivity index (χ2n) is 3.66. The van der Waals surface area contributed by atoms with E-state index in [1.54, 1.807) is 6.92 Å². The highest BCUT2D eigenvalue weighted by atomic mass is 19.3. The highest BCUT2D eigenvalue weighted by Crippen LogP contribution is 2.23. The number of rotatable bonds is 4. The van der Waals surface area contributed by atoms with E-state index in [9.17, 15) is 17.6 Å². The number of ether oxygens (including phenoxy) is 1. The number of benzene rings is 1. The monoisotopic (exact) mass is 275 g/mol. The van der Waals surface area contributed by atoms with Crippen molar-refractivity contribution in [1.82, 2.24) is 0 Å². The Morgan fingerprint density at radius 2 is 1.95 bits per heavy atom. The molecule has 1 aromatic rings. The Hall–Kier alpha value is -1.85. The summed E-state index contributed by atoms with van der Waals surface area (Å²) in [5, 5.41) is 0. The van der Waals surface area contributed by atoms with E-state index in [1.165, 1.54) is 0 Å². The largest absolute Gasteiger partial charge is 0.438 e. The zero-order valence-corrected chi connectivity index (χ0v) is 10.5. The molecule has 0 radical (unpaired) electrons. The predicted molar refractivity (Wildman–Crippen MR) is 65.2 cm³/mol. The number of halogens is 4. The van der Waals surface area contributed by atoms with Gasteiger partial charge in [0, 0.05) is 7.05 Å². The second-order valence-corrected chi connectivity index (χ2v) is 3.66. The van der Waals surface area contributed by atoms with E-state index in [1.807, 2.05) is 0 Å². The molecule has 0 aliphatic carbocycles. The molecule has 0 saturated heterocycles. The van der Waals surface area contributed by atoms with Crippen LogP contribution in [0.4, 0.5) is 17.6 Å². The van der Waals surface area contributed by atoms with Gasteiger partial charge in [-0.1, -0.05) is 13.5 Å². The molecule has 0 spiro atoms. The number of alkyl halides is 2. The molecule has 0 saturated carbocycles. The zero-order valence-electron chi connectivity index (χ0n) is 10.5. The lowest BCUT2D eigenvalue weighted by atomic mass is 10.1. The van der Waals surface area contributed by atoms with Crippen LogP contribution < -0.4 is 0 Å². The van der Waals surface area contributed by atoms with Crippen molar-refractivity contribution in [2.45, 2.75) is 19.8 Å². The Morgan fingerprint density at radius 3 is 2.42 bits per heavy atom. The third-order valence-electron chi connectivity index (χ3n) is 2.45. The molecule has 0 amide bonds. The fourth-order valence-electron chi connectivity index (χ4n) is 1.44. The van der Waals surface area contributed by atoms with Gasteiger partial charge >= 0.3 is 6.43 Å². The maximum Gasteiger partial charge on any atom is 0.312 e. The first-order valence-corrected chi connectivity index (χ1v) is 5.50. The van der Waals surface area contributed by atoms with Gasteiger partial charge in [-0.3, -0.25) is 4.99 Å². The summed E-state index contributed by atoms with van der Waals surface area (Å²) in [6.07, 6.45) is -2.64. The van der Waals surface area contributed by atoms with E-state index in [4.69, 9.17) is 0 Å². The molecular formula is C13H13F4NO. The van der Waals surface area contributed by atoms with Crippen molar-refractivity contribution in [3.05, 3.63) is 41.5 Å². The van der Waals surface area contributed by atoms with Gasteiger partial charge in [0.1, 0.15) is 17.4 Å². The SMILES string of the molecule is C=C(OC(=NC)C(F)F)c1cc(F)c(CC)cc1F. The fourth-order valence-corrected chi connectivity index (χ4v) is 1.44. The summed E-state index contributed by atoms with van der Waals surface area (Å²) in [5.74, 6) is -2.74. The molecule has 6 heteroatoms. The smallest absolute Gasteiger partial charge is 0.312 e. The maximum absolute atomic E-state index is 13.7. The van der Waals surface area contributed by atoms with Gasteiger partial charge in [0.15, 0.2) is 0 Å². The fraction of sp³-hybridized carbons (Fsp3) is 0.308. The first-order chi connectivity index (χ1) is 8.90. The van der Waals surface area contributed by atoms with Crippen LogP contribution in [0.5, 0.6) is 0 Å². The molecule has 0 bridgehead atoms. The molecule has 1 rings (SSSR count). The molecule has 0 fully saturated rings. The number of hydrogen-bond acceptors (Lipinski definition) is 2. The van der Waals surface area contributed by atoms with Crippen molar-refractivity contribution in [1.29, 1.82) is 0 Å². The number of aryl methyl sites for hydroxylation is 1. The Kier molecular flexibility index (Phi) is 5.09. The summed E-state index contributed by atoms with van der Waals surface area (Å²) >= 11 is 0. The van der Waals surface area contributed by atoms with E-state index >= 15 is 0 Å². The summed E-state index contributed by atoms with van der Waals surface area (Å²) in [5.41, 5.74) is -0.121. The van der Waals surface area contributed by atoms with Crippen LogP contribution in [0.15, 0.2) is 23.7 Å². The highest BCUT2D eigenvalue weighted by molar-refractivity contribution is 5.84. The quantitative estimate of drug-likeness (QED) is 0.354. The average Bonchev–Trinajstić information content (AvgIpc) is 2.37. The van der Waals surface area contributed by atoms with Crippen LogP contribution >= 0.6 is 0 Å². The molecule has 0 unspecified atom stereocenters. The molecule has 2 nitrogen and oxygen atoms in total. The molecule has 104 valence electrons. The Balaban J connectivity index is 3.04. The van der Waals surface area contributed by atoms with Crippen molar-refractivity contribution in [2.24, 2.45) is 4.99 Å². The van der Waals surface area contributed by atoms with Crippen LogP contribution in [0, 0.1) is 11.6 Å². The van der Waals surface area contributed by atoms with Crippen LogP contribution in [-0.2, 0) is 11.2 Å². The molecule has 0 aliphatic heterocycles. The first kappa shape index (κ1) is 15.2. The Labute approximate surface area is 108 Å². The molecule has 0 N–H and O–H groups in total. The molecular weight excluding hydrogens is 262 g/mol. The number of nitrogens with zero attached hydrogens (tertiary/aromatic N) is 1. The van der Waals surface area contributed by atoms with E-state index in [2.05, 4.69) is 16.3 Å². The van der Waals surface area contributed by atoms with Gasteiger partial charge in [0.2, 0.25) is 0 Å². The van der Waals surface area contributed by atoms with Crippen LogP contribution in [0.3, 0.4) is 0 Å². The molecule has 19 heavy (non-hydrogen) atoms. The van der Waals surface area contributed by atoms with Crippen molar-refractivity contribution >= 4 is 11.7 Å².